The van der Waals surface area contributed by atoms with Gasteiger partial charge in [-0.05, 0) is 28.5 Å². The first kappa shape index (κ1) is 21.2. The van der Waals surface area contributed by atoms with Crippen molar-refractivity contribution in [3.05, 3.63) is 53.2 Å². The summed E-state index contributed by atoms with van der Waals surface area (Å²) in [5, 5.41) is 5.05. The van der Waals surface area contributed by atoms with E-state index < -0.39 is 0 Å². The molecule has 9 nitrogen and oxygen atoms in total. The van der Waals surface area contributed by atoms with E-state index in [1.165, 1.54) is 0 Å². The SMILES string of the molecule is COc1cc2ncnc(N3CCN(c4ncc(OCc5ccsc5)cn4)CC3)c2cc1OC. The molecule has 0 amide bonds. The molecule has 1 aliphatic rings. The highest BCUT2D eigenvalue weighted by Gasteiger charge is 2.22. The van der Waals surface area contributed by atoms with Gasteiger partial charge in [-0.1, -0.05) is 0 Å². The number of rotatable bonds is 7. The van der Waals surface area contributed by atoms with E-state index in [-0.39, 0.29) is 0 Å². The fourth-order valence-electron chi connectivity index (χ4n) is 3.83. The molecule has 1 aromatic carbocycles. The van der Waals surface area contributed by atoms with Gasteiger partial charge in [0.25, 0.3) is 0 Å². The number of piperazine rings is 1. The summed E-state index contributed by atoms with van der Waals surface area (Å²) in [5.74, 6) is 3.57. The second-order valence-electron chi connectivity index (χ2n) is 7.53. The van der Waals surface area contributed by atoms with Gasteiger partial charge in [-0.25, -0.2) is 19.9 Å². The van der Waals surface area contributed by atoms with Crippen LogP contribution in [0.3, 0.4) is 0 Å². The maximum atomic E-state index is 5.77. The zero-order valence-corrected chi connectivity index (χ0v) is 19.3. The number of hydrogen-bond acceptors (Lipinski definition) is 10. The van der Waals surface area contributed by atoms with Crippen LogP contribution in [0.2, 0.25) is 0 Å². The Morgan fingerprint density at radius 3 is 2.33 bits per heavy atom. The standard InChI is InChI=1S/C23H24N6O3S/c1-30-20-9-18-19(10-21(20)31-2)26-15-27-22(18)28-4-6-29(7-5-28)23-24-11-17(12-25-23)32-13-16-3-8-33-14-16/h3,8-12,14-15H,4-7,13H2,1-2H3. The van der Waals surface area contributed by atoms with Crippen molar-refractivity contribution in [2.45, 2.75) is 6.61 Å². The van der Waals surface area contributed by atoms with E-state index in [0.717, 1.165) is 48.5 Å². The smallest absolute Gasteiger partial charge is 0.225 e. The van der Waals surface area contributed by atoms with Gasteiger partial charge in [0.1, 0.15) is 18.8 Å². The molecule has 4 aromatic rings. The topological polar surface area (TPSA) is 85.7 Å². The van der Waals surface area contributed by atoms with Crippen molar-refractivity contribution >= 4 is 34.0 Å². The lowest BCUT2D eigenvalue weighted by Crippen LogP contribution is -2.47. The number of aromatic nitrogens is 4. The third kappa shape index (κ3) is 4.47. The van der Waals surface area contributed by atoms with E-state index in [1.807, 2.05) is 23.6 Å². The Balaban J connectivity index is 1.26. The predicted octanol–water partition coefficient (Wildman–Crippen LogP) is 3.40. The molecule has 10 heteroatoms. The summed E-state index contributed by atoms with van der Waals surface area (Å²) in [7, 11) is 3.25. The van der Waals surface area contributed by atoms with E-state index in [1.54, 1.807) is 44.3 Å². The van der Waals surface area contributed by atoms with Crippen molar-refractivity contribution in [3.63, 3.8) is 0 Å². The van der Waals surface area contributed by atoms with E-state index >= 15 is 0 Å². The molecule has 0 atom stereocenters. The number of benzene rings is 1. The Morgan fingerprint density at radius 2 is 1.64 bits per heavy atom. The summed E-state index contributed by atoms with van der Waals surface area (Å²) in [6.45, 7) is 3.68. The summed E-state index contributed by atoms with van der Waals surface area (Å²) < 4.78 is 16.6. The average Bonchev–Trinajstić information content (AvgIpc) is 3.40. The van der Waals surface area contributed by atoms with Gasteiger partial charge in [-0.3, -0.25) is 0 Å². The molecule has 3 aromatic heterocycles. The minimum absolute atomic E-state index is 0.522. The number of fused-ring (bicyclic) bond motifs is 1. The highest BCUT2D eigenvalue weighted by atomic mass is 32.1. The summed E-state index contributed by atoms with van der Waals surface area (Å²) in [5.41, 5.74) is 1.97. The average molecular weight is 465 g/mol. The minimum Gasteiger partial charge on any atom is -0.493 e. The largest absolute Gasteiger partial charge is 0.493 e. The van der Waals surface area contributed by atoms with E-state index in [4.69, 9.17) is 14.2 Å². The fourth-order valence-corrected chi connectivity index (χ4v) is 4.48. The van der Waals surface area contributed by atoms with Crippen LogP contribution in [0.25, 0.3) is 10.9 Å². The lowest BCUT2D eigenvalue weighted by molar-refractivity contribution is 0.304. The Bertz CT molecular complexity index is 1210. The normalized spacial score (nSPS) is 13.9. The van der Waals surface area contributed by atoms with Crippen LogP contribution < -0.4 is 24.0 Å². The molecular weight excluding hydrogens is 440 g/mol. The minimum atomic E-state index is 0.522. The van der Waals surface area contributed by atoms with Crippen LogP contribution in [0.4, 0.5) is 11.8 Å². The highest BCUT2D eigenvalue weighted by molar-refractivity contribution is 7.07. The number of nitrogens with zero attached hydrogens (tertiary/aromatic N) is 6. The second-order valence-corrected chi connectivity index (χ2v) is 8.31. The molecule has 0 spiro atoms. The number of anilines is 2. The van der Waals surface area contributed by atoms with Gasteiger partial charge in [0, 0.05) is 37.6 Å². The first-order valence-corrected chi connectivity index (χ1v) is 11.5. The lowest BCUT2D eigenvalue weighted by Gasteiger charge is -2.35. The Hall–Kier alpha value is -3.66. The fraction of sp³-hybridized carbons (Fsp3) is 0.304. The third-order valence-corrected chi connectivity index (χ3v) is 6.31. The summed E-state index contributed by atoms with van der Waals surface area (Å²) in [6, 6.07) is 5.87. The molecule has 170 valence electrons. The monoisotopic (exact) mass is 464 g/mol. The van der Waals surface area contributed by atoms with E-state index in [2.05, 4.69) is 35.1 Å². The van der Waals surface area contributed by atoms with Crippen LogP contribution in [-0.2, 0) is 6.61 Å². The van der Waals surface area contributed by atoms with Crippen LogP contribution in [0, 0.1) is 0 Å². The second kappa shape index (κ2) is 9.45. The summed E-state index contributed by atoms with van der Waals surface area (Å²) >= 11 is 1.66. The molecule has 0 aliphatic carbocycles. The van der Waals surface area contributed by atoms with Crippen molar-refractivity contribution in [1.82, 2.24) is 19.9 Å². The molecule has 0 N–H and O–H groups in total. The van der Waals surface area contributed by atoms with Gasteiger partial charge < -0.3 is 24.0 Å². The zero-order valence-electron chi connectivity index (χ0n) is 18.5. The van der Waals surface area contributed by atoms with Crippen molar-refractivity contribution < 1.29 is 14.2 Å². The van der Waals surface area contributed by atoms with Crippen LogP contribution in [0.5, 0.6) is 17.2 Å². The quantitative estimate of drug-likeness (QED) is 0.408. The first-order chi connectivity index (χ1) is 16.2. The van der Waals surface area contributed by atoms with Gasteiger partial charge in [-0.15, -0.1) is 0 Å². The summed E-state index contributed by atoms with van der Waals surface area (Å²) in [4.78, 5) is 22.4. The predicted molar refractivity (Wildman–Crippen MR) is 128 cm³/mol. The molecule has 33 heavy (non-hydrogen) atoms. The molecule has 0 saturated carbocycles. The zero-order chi connectivity index (χ0) is 22.6. The molecule has 1 aliphatic heterocycles. The number of ether oxygens (including phenoxy) is 3. The number of hydrogen-bond donors (Lipinski definition) is 0. The Labute approximate surface area is 195 Å². The molecule has 5 rings (SSSR count). The van der Waals surface area contributed by atoms with Crippen LogP contribution in [0.1, 0.15) is 5.56 Å². The van der Waals surface area contributed by atoms with Gasteiger partial charge in [0.2, 0.25) is 5.95 Å². The van der Waals surface area contributed by atoms with Gasteiger partial charge >= 0.3 is 0 Å². The Morgan fingerprint density at radius 1 is 0.909 bits per heavy atom. The van der Waals surface area contributed by atoms with Gasteiger partial charge in [-0.2, -0.15) is 11.3 Å². The summed E-state index contributed by atoms with van der Waals surface area (Å²) in [6.07, 6.45) is 5.06. The van der Waals surface area contributed by atoms with E-state index in [9.17, 15) is 0 Å². The van der Waals surface area contributed by atoms with Crippen LogP contribution in [0.15, 0.2) is 47.7 Å². The van der Waals surface area contributed by atoms with Crippen molar-refractivity contribution in [2.75, 3.05) is 50.2 Å². The molecule has 0 radical (unpaired) electrons. The Kier molecular flexibility index (Phi) is 6.07. The third-order valence-electron chi connectivity index (χ3n) is 5.58. The first-order valence-electron chi connectivity index (χ1n) is 10.6. The maximum Gasteiger partial charge on any atom is 0.225 e. The number of thiophene rings is 1. The lowest BCUT2D eigenvalue weighted by atomic mass is 10.2. The number of methoxy groups -OCH3 is 2. The van der Waals surface area contributed by atoms with Gasteiger partial charge in [0.15, 0.2) is 17.2 Å². The maximum absolute atomic E-state index is 5.77. The molecule has 1 fully saturated rings. The van der Waals surface area contributed by atoms with Crippen LogP contribution >= 0.6 is 11.3 Å². The van der Waals surface area contributed by atoms with Crippen molar-refractivity contribution in [1.29, 1.82) is 0 Å². The van der Waals surface area contributed by atoms with Crippen molar-refractivity contribution in [3.8, 4) is 17.2 Å². The van der Waals surface area contributed by atoms with Gasteiger partial charge in [0.05, 0.1) is 32.1 Å². The molecule has 1 saturated heterocycles. The molecule has 4 heterocycles. The molecular formula is C23H24N6O3S. The molecule has 0 bridgehead atoms. The van der Waals surface area contributed by atoms with E-state index in [0.29, 0.717) is 29.8 Å². The van der Waals surface area contributed by atoms with Crippen molar-refractivity contribution in [2.24, 2.45) is 0 Å². The molecule has 0 unspecified atom stereocenters. The highest BCUT2D eigenvalue weighted by Crippen LogP contribution is 2.35. The van der Waals surface area contributed by atoms with Crippen LogP contribution in [-0.4, -0.2) is 60.3 Å².